The van der Waals surface area contributed by atoms with E-state index in [0.29, 0.717) is 6.61 Å². The zero-order valence-electron chi connectivity index (χ0n) is 4.77. The minimum Gasteiger partial charge on any atom is -0.373 e. The minimum atomic E-state index is -0.00926. The lowest BCUT2D eigenvalue weighted by Gasteiger charge is -2.01. The molecule has 1 atom stereocenters. The second kappa shape index (κ2) is 3.81. The molecular weight excluding hydrogens is 90.1 g/mol. The molecule has 0 fully saturated rings. The van der Waals surface area contributed by atoms with Gasteiger partial charge in [-0.2, -0.15) is 0 Å². The van der Waals surface area contributed by atoms with Gasteiger partial charge in [0.05, 0.1) is 6.10 Å². The SMILES string of the molecule is CCOC(C)C=N. The van der Waals surface area contributed by atoms with E-state index >= 15 is 0 Å². The highest BCUT2D eigenvalue weighted by atomic mass is 16.5. The van der Waals surface area contributed by atoms with Crippen molar-refractivity contribution in [2.24, 2.45) is 0 Å². The van der Waals surface area contributed by atoms with Crippen LogP contribution in [0.4, 0.5) is 0 Å². The molecule has 0 aromatic heterocycles. The van der Waals surface area contributed by atoms with E-state index < -0.39 is 0 Å². The Kier molecular flexibility index (Phi) is 3.61. The molecule has 0 aromatic carbocycles. The van der Waals surface area contributed by atoms with Gasteiger partial charge in [0, 0.05) is 12.8 Å². The van der Waals surface area contributed by atoms with Gasteiger partial charge in [-0.15, -0.1) is 0 Å². The predicted molar refractivity (Wildman–Crippen MR) is 29.9 cm³/mol. The first kappa shape index (κ1) is 6.63. The van der Waals surface area contributed by atoms with Crippen LogP contribution in [0.2, 0.25) is 0 Å². The van der Waals surface area contributed by atoms with Gasteiger partial charge < -0.3 is 10.1 Å². The first-order valence-electron chi connectivity index (χ1n) is 2.43. The first-order valence-corrected chi connectivity index (χ1v) is 2.43. The summed E-state index contributed by atoms with van der Waals surface area (Å²) in [5, 5.41) is 6.66. The quantitative estimate of drug-likeness (QED) is 0.530. The number of hydrogen-bond acceptors (Lipinski definition) is 2. The monoisotopic (exact) mass is 101 g/mol. The second-order valence-electron chi connectivity index (χ2n) is 1.33. The molecule has 1 N–H and O–H groups in total. The Labute approximate surface area is 44.0 Å². The predicted octanol–water partition coefficient (Wildman–Crippen LogP) is 1.06. The molecule has 0 radical (unpaired) electrons. The van der Waals surface area contributed by atoms with Crippen molar-refractivity contribution in [2.45, 2.75) is 20.0 Å². The highest BCUT2D eigenvalue weighted by Gasteiger charge is 1.89. The fraction of sp³-hybridized carbons (Fsp3) is 0.800. The fourth-order valence-corrected chi connectivity index (χ4v) is 0.311. The zero-order chi connectivity index (χ0) is 5.70. The van der Waals surface area contributed by atoms with Crippen molar-refractivity contribution in [3.05, 3.63) is 0 Å². The van der Waals surface area contributed by atoms with Gasteiger partial charge in [0.25, 0.3) is 0 Å². The Balaban J connectivity index is 2.98. The van der Waals surface area contributed by atoms with Gasteiger partial charge in [-0.3, -0.25) is 0 Å². The normalized spacial score (nSPS) is 13.4. The molecule has 0 amide bonds. The van der Waals surface area contributed by atoms with E-state index in [4.69, 9.17) is 10.1 Å². The van der Waals surface area contributed by atoms with Crippen molar-refractivity contribution >= 4 is 6.21 Å². The van der Waals surface area contributed by atoms with Crippen LogP contribution in [-0.2, 0) is 4.74 Å². The molecule has 0 spiro atoms. The Morgan fingerprint density at radius 2 is 2.43 bits per heavy atom. The first-order chi connectivity index (χ1) is 3.31. The van der Waals surface area contributed by atoms with Crippen LogP contribution in [0.5, 0.6) is 0 Å². The maximum absolute atomic E-state index is 6.66. The van der Waals surface area contributed by atoms with Crippen molar-refractivity contribution in [3.8, 4) is 0 Å². The summed E-state index contributed by atoms with van der Waals surface area (Å²) in [4.78, 5) is 0. The van der Waals surface area contributed by atoms with Gasteiger partial charge in [-0.25, -0.2) is 0 Å². The lowest BCUT2D eigenvalue weighted by molar-refractivity contribution is 0.125. The van der Waals surface area contributed by atoms with Crippen molar-refractivity contribution in [1.29, 1.82) is 5.41 Å². The summed E-state index contributed by atoms with van der Waals surface area (Å²) in [6.45, 7) is 4.45. The Morgan fingerprint density at radius 1 is 1.86 bits per heavy atom. The lowest BCUT2D eigenvalue weighted by atomic mass is 10.4. The summed E-state index contributed by atoms with van der Waals surface area (Å²) in [5.74, 6) is 0. The molecule has 1 unspecified atom stereocenters. The smallest absolute Gasteiger partial charge is 0.0890 e. The molecule has 0 saturated carbocycles. The number of rotatable bonds is 3. The fourth-order valence-electron chi connectivity index (χ4n) is 0.311. The van der Waals surface area contributed by atoms with Crippen LogP contribution in [0.15, 0.2) is 0 Å². The van der Waals surface area contributed by atoms with E-state index in [-0.39, 0.29) is 6.10 Å². The standard InChI is InChI=1S/C5H11NO/c1-3-7-5(2)4-6/h4-6H,3H2,1-2H3. The van der Waals surface area contributed by atoms with E-state index in [2.05, 4.69) is 0 Å². The summed E-state index contributed by atoms with van der Waals surface area (Å²) in [6.07, 6.45) is 1.27. The van der Waals surface area contributed by atoms with Gasteiger partial charge >= 0.3 is 0 Å². The summed E-state index contributed by atoms with van der Waals surface area (Å²) in [5.41, 5.74) is 0. The van der Waals surface area contributed by atoms with Gasteiger partial charge in [0.1, 0.15) is 0 Å². The highest BCUT2D eigenvalue weighted by Crippen LogP contribution is 1.81. The minimum absolute atomic E-state index is 0.00926. The molecule has 0 aromatic rings. The summed E-state index contributed by atoms with van der Waals surface area (Å²) >= 11 is 0. The molecule has 0 aliphatic rings. The Bertz CT molecular complexity index is 54.0. The lowest BCUT2D eigenvalue weighted by Crippen LogP contribution is -2.07. The summed E-state index contributed by atoms with van der Waals surface area (Å²) in [7, 11) is 0. The third-order valence-electron chi connectivity index (χ3n) is 0.664. The van der Waals surface area contributed by atoms with E-state index in [9.17, 15) is 0 Å². The van der Waals surface area contributed by atoms with Crippen molar-refractivity contribution in [2.75, 3.05) is 6.61 Å². The molecule has 0 aliphatic heterocycles. The van der Waals surface area contributed by atoms with E-state index in [1.165, 1.54) is 6.21 Å². The van der Waals surface area contributed by atoms with E-state index in [1.807, 2.05) is 13.8 Å². The number of hydrogen-bond donors (Lipinski definition) is 1. The molecule has 42 valence electrons. The molecule has 0 saturated heterocycles. The average molecular weight is 101 g/mol. The topological polar surface area (TPSA) is 33.1 Å². The molecule has 0 bridgehead atoms. The third kappa shape index (κ3) is 3.46. The van der Waals surface area contributed by atoms with Gasteiger partial charge in [-0.05, 0) is 13.8 Å². The molecular formula is C5H11NO. The van der Waals surface area contributed by atoms with Crippen LogP contribution in [0.1, 0.15) is 13.8 Å². The van der Waals surface area contributed by atoms with Crippen LogP contribution in [-0.4, -0.2) is 18.9 Å². The van der Waals surface area contributed by atoms with E-state index in [0.717, 1.165) is 0 Å². The molecule has 0 heterocycles. The second-order valence-corrected chi connectivity index (χ2v) is 1.33. The Hall–Kier alpha value is -0.370. The van der Waals surface area contributed by atoms with Crippen LogP contribution >= 0.6 is 0 Å². The zero-order valence-corrected chi connectivity index (χ0v) is 4.77. The maximum Gasteiger partial charge on any atom is 0.0890 e. The van der Waals surface area contributed by atoms with Crippen LogP contribution in [0.25, 0.3) is 0 Å². The maximum atomic E-state index is 6.66. The third-order valence-corrected chi connectivity index (χ3v) is 0.664. The van der Waals surface area contributed by atoms with Crippen LogP contribution in [0.3, 0.4) is 0 Å². The molecule has 2 heteroatoms. The largest absolute Gasteiger partial charge is 0.373 e. The van der Waals surface area contributed by atoms with Gasteiger partial charge in [0.15, 0.2) is 0 Å². The average Bonchev–Trinajstić information content (AvgIpc) is 1.68. The molecule has 0 aliphatic carbocycles. The van der Waals surface area contributed by atoms with Crippen molar-refractivity contribution < 1.29 is 4.74 Å². The van der Waals surface area contributed by atoms with Crippen molar-refractivity contribution in [1.82, 2.24) is 0 Å². The molecule has 0 rings (SSSR count). The highest BCUT2D eigenvalue weighted by molar-refractivity contribution is 5.58. The number of nitrogens with one attached hydrogen (secondary N) is 1. The van der Waals surface area contributed by atoms with Gasteiger partial charge in [-0.1, -0.05) is 0 Å². The van der Waals surface area contributed by atoms with Crippen molar-refractivity contribution in [3.63, 3.8) is 0 Å². The molecule has 7 heavy (non-hydrogen) atoms. The number of ether oxygens (including phenoxy) is 1. The van der Waals surface area contributed by atoms with Crippen LogP contribution in [0, 0.1) is 5.41 Å². The molecule has 2 nitrogen and oxygen atoms in total. The van der Waals surface area contributed by atoms with Gasteiger partial charge in [0.2, 0.25) is 0 Å². The van der Waals surface area contributed by atoms with Crippen LogP contribution < -0.4 is 0 Å². The summed E-state index contributed by atoms with van der Waals surface area (Å²) < 4.78 is 4.95. The Morgan fingerprint density at radius 3 is 2.57 bits per heavy atom. The van der Waals surface area contributed by atoms with E-state index in [1.54, 1.807) is 0 Å². The summed E-state index contributed by atoms with van der Waals surface area (Å²) in [6, 6.07) is 0.